The number of halogens is 1. The molecule has 42 heavy (non-hydrogen) atoms. The van der Waals surface area contributed by atoms with Gasteiger partial charge in [0.05, 0.1) is 11.1 Å². The van der Waals surface area contributed by atoms with Crippen molar-refractivity contribution in [1.82, 2.24) is 9.80 Å². The van der Waals surface area contributed by atoms with Crippen LogP contribution in [0.3, 0.4) is 0 Å². The molecule has 0 radical (unpaired) electrons. The van der Waals surface area contributed by atoms with Gasteiger partial charge in [0.25, 0.3) is 11.8 Å². The third kappa shape index (κ3) is 8.09. The van der Waals surface area contributed by atoms with Crippen molar-refractivity contribution in [3.63, 3.8) is 0 Å². The van der Waals surface area contributed by atoms with Gasteiger partial charge in [0.15, 0.2) is 0 Å². The number of amides is 2. The molecule has 0 atom stereocenters. The van der Waals surface area contributed by atoms with E-state index in [1.165, 1.54) is 42.5 Å². The zero-order valence-electron chi connectivity index (χ0n) is 24.2. The van der Waals surface area contributed by atoms with E-state index in [4.69, 9.17) is 14.0 Å². The molecule has 5 rings (SSSR count). The molecule has 2 amide bonds. The summed E-state index contributed by atoms with van der Waals surface area (Å²) in [7, 11) is 7.33. The second kappa shape index (κ2) is 16.2. The van der Waals surface area contributed by atoms with E-state index in [-0.39, 0.29) is 11.1 Å². The molecule has 0 saturated heterocycles. The van der Waals surface area contributed by atoms with Crippen LogP contribution in [0.4, 0.5) is 0 Å². The predicted octanol–water partition coefficient (Wildman–Crippen LogP) is 4.61. The average Bonchev–Trinajstić information content (AvgIpc) is 3.28. The maximum atomic E-state index is 11.6. The first-order chi connectivity index (χ1) is 20.3. The van der Waals surface area contributed by atoms with Crippen LogP contribution in [0.15, 0.2) is 115 Å². The first-order valence-corrected chi connectivity index (χ1v) is 21.9. The van der Waals surface area contributed by atoms with Gasteiger partial charge in [0.2, 0.25) is 0 Å². The Kier molecular flexibility index (Phi) is 12.8. The fraction of sp³-hybridized carbons (Fsp3) is 0.206. The summed E-state index contributed by atoms with van der Waals surface area (Å²) in [5, 5.41) is 8.54. The molecule has 0 fully saturated rings. The number of carboxylic acid groups (broad SMARTS) is 1. The van der Waals surface area contributed by atoms with E-state index in [1.54, 1.807) is 12.1 Å². The zero-order valence-corrected chi connectivity index (χ0v) is 27.9. The molecule has 1 aliphatic heterocycles. The van der Waals surface area contributed by atoms with Crippen LogP contribution in [0.5, 0.6) is 0 Å². The number of hydrogen-bond acceptors (Lipinski definition) is 4. The molecule has 218 valence electrons. The van der Waals surface area contributed by atoms with Gasteiger partial charge in [-0.15, -0.1) is 0 Å². The van der Waals surface area contributed by atoms with Gasteiger partial charge in [-0.25, -0.2) is 0 Å². The standard InChI is InChI=1S/C10H7NO4.C6H15N.3C6H5.ClH.Sn/c12-8(13)5-11-9(14)6-3-1-2-4-7(6)10(11)15;1-4-7(5-2)6-3;3*1-2-4-6-5-3-1;;/h1-4H,5H2,(H,12,13);4-6H2,1-3H3;3*1-5H;1H;/q;;;;;;+1/p-1. The van der Waals surface area contributed by atoms with Gasteiger partial charge in [0, 0.05) is 0 Å². The number of rotatable bonds is 8. The van der Waals surface area contributed by atoms with Gasteiger partial charge < -0.3 is 10.0 Å². The Labute approximate surface area is 256 Å². The molecule has 1 N–H and O–H groups in total. The van der Waals surface area contributed by atoms with Crippen molar-refractivity contribution in [2.45, 2.75) is 20.8 Å². The second-order valence-electron chi connectivity index (χ2n) is 9.51. The molecule has 8 heteroatoms. The quantitative estimate of drug-likeness (QED) is 0.216. The molecule has 4 aromatic carbocycles. The van der Waals surface area contributed by atoms with Crippen LogP contribution in [0.1, 0.15) is 41.5 Å². The molecule has 0 spiro atoms. The third-order valence-electron chi connectivity index (χ3n) is 7.03. The first-order valence-electron chi connectivity index (χ1n) is 14.0. The van der Waals surface area contributed by atoms with Crippen LogP contribution < -0.4 is 10.7 Å². The fourth-order valence-corrected chi connectivity index (χ4v) is 15.7. The summed E-state index contributed by atoms with van der Waals surface area (Å²) in [6, 6.07) is 37.9. The summed E-state index contributed by atoms with van der Waals surface area (Å²) in [6.45, 7) is 9.53. The monoisotopic (exact) mass is 692 g/mol. The van der Waals surface area contributed by atoms with Gasteiger partial charge in [-0.1, -0.05) is 32.9 Å². The number of hydrogen-bond donors (Lipinski definition) is 1. The number of benzene rings is 4. The van der Waals surface area contributed by atoms with Crippen molar-refractivity contribution in [2.24, 2.45) is 0 Å². The first kappa shape index (κ1) is 33.0. The maximum absolute atomic E-state index is 11.6. The van der Waals surface area contributed by atoms with Gasteiger partial charge in [-0.3, -0.25) is 19.3 Å². The van der Waals surface area contributed by atoms with Crippen molar-refractivity contribution < 1.29 is 19.5 Å². The van der Waals surface area contributed by atoms with Gasteiger partial charge in [-0.2, -0.15) is 0 Å². The molecular formula is C34H37ClN2O4Sn. The summed E-state index contributed by atoms with van der Waals surface area (Å²) >= 11 is -3.30. The van der Waals surface area contributed by atoms with Crippen LogP contribution in [-0.4, -0.2) is 76.1 Å². The number of imide groups is 1. The van der Waals surface area contributed by atoms with Gasteiger partial charge in [-0.05, 0) is 31.8 Å². The van der Waals surface area contributed by atoms with Crippen LogP contribution in [-0.2, 0) is 4.79 Å². The number of carbonyl (C=O) groups excluding carboxylic acids is 2. The van der Waals surface area contributed by atoms with Crippen LogP contribution in [0.2, 0.25) is 0 Å². The Morgan fingerprint density at radius 1 is 0.643 bits per heavy atom. The third-order valence-corrected chi connectivity index (χ3v) is 21.1. The number of fused-ring (bicyclic) bond motifs is 1. The Balaban J connectivity index is 0.000000194. The molecule has 0 unspecified atom stereocenters. The van der Waals surface area contributed by atoms with E-state index < -0.39 is 41.6 Å². The number of carboxylic acids is 1. The molecule has 0 saturated carbocycles. The molecule has 0 aliphatic carbocycles. The Morgan fingerprint density at radius 2 is 0.952 bits per heavy atom. The van der Waals surface area contributed by atoms with Crippen molar-refractivity contribution >= 4 is 54.7 Å². The van der Waals surface area contributed by atoms with Crippen molar-refractivity contribution in [1.29, 1.82) is 0 Å². The summed E-state index contributed by atoms with van der Waals surface area (Å²) < 4.78 is 3.88. The minimum atomic E-state index is -3.30. The minimum absolute atomic E-state index is 0.267. The van der Waals surface area contributed by atoms with E-state index in [1.807, 2.05) is 18.2 Å². The number of aliphatic carboxylic acids is 1. The van der Waals surface area contributed by atoms with Gasteiger partial charge in [0.1, 0.15) is 6.54 Å². The zero-order chi connectivity index (χ0) is 30.5. The van der Waals surface area contributed by atoms with Crippen molar-refractivity contribution in [3.05, 3.63) is 126 Å². The van der Waals surface area contributed by atoms with E-state index in [2.05, 4.69) is 98.5 Å². The van der Waals surface area contributed by atoms with Crippen LogP contribution in [0.25, 0.3) is 0 Å². The van der Waals surface area contributed by atoms with Crippen LogP contribution in [0, 0.1) is 0 Å². The SMILES string of the molecule is CCN(CC)CC.O=C(O)CN1C(=O)c2ccccc2C1=O.[Cl][Sn]([c]1ccccc1)([c]1ccccc1)[c]1ccccc1. The molecule has 1 heterocycles. The van der Waals surface area contributed by atoms with Crippen molar-refractivity contribution in [3.8, 4) is 0 Å². The molecule has 0 aromatic heterocycles. The molecule has 4 aromatic rings. The second-order valence-corrected chi connectivity index (χ2v) is 22.0. The molecular weight excluding hydrogens is 655 g/mol. The fourth-order valence-electron chi connectivity index (χ4n) is 4.69. The normalized spacial score (nSPS) is 12.2. The average molecular weight is 692 g/mol. The number of nitrogens with zero attached hydrogens (tertiary/aromatic N) is 2. The summed E-state index contributed by atoms with van der Waals surface area (Å²) in [5.41, 5.74) is 0.535. The van der Waals surface area contributed by atoms with Crippen molar-refractivity contribution in [2.75, 3.05) is 26.2 Å². The topological polar surface area (TPSA) is 77.9 Å². The van der Waals surface area contributed by atoms with E-state index in [9.17, 15) is 14.4 Å². The molecule has 6 nitrogen and oxygen atoms in total. The predicted molar refractivity (Wildman–Crippen MR) is 173 cm³/mol. The Bertz CT molecular complexity index is 1310. The summed E-state index contributed by atoms with van der Waals surface area (Å²) in [5.74, 6) is -2.29. The summed E-state index contributed by atoms with van der Waals surface area (Å²) in [6.07, 6.45) is 0. The Morgan fingerprint density at radius 3 is 1.21 bits per heavy atom. The van der Waals surface area contributed by atoms with E-state index >= 15 is 0 Å². The van der Waals surface area contributed by atoms with E-state index in [0.717, 1.165) is 4.90 Å². The number of carbonyl (C=O) groups is 3. The van der Waals surface area contributed by atoms with E-state index in [0.29, 0.717) is 0 Å². The Hall–Kier alpha value is -3.46. The molecule has 1 aliphatic rings. The van der Waals surface area contributed by atoms with Gasteiger partial charge >= 0.3 is 134 Å². The summed E-state index contributed by atoms with van der Waals surface area (Å²) in [4.78, 5) is 36.7. The molecule has 0 bridgehead atoms. The van der Waals surface area contributed by atoms with Crippen LogP contribution >= 0.6 is 8.92 Å².